The lowest BCUT2D eigenvalue weighted by atomic mass is 10.1. The molecule has 6 nitrogen and oxygen atoms in total. The second-order valence-corrected chi connectivity index (χ2v) is 6.85. The Bertz CT molecular complexity index is 1140. The summed E-state index contributed by atoms with van der Waals surface area (Å²) in [7, 11) is 0. The number of nitrogens with zero attached hydrogens (tertiary/aromatic N) is 3. The van der Waals surface area contributed by atoms with E-state index < -0.39 is 5.63 Å². The molecule has 1 saturated heterocycles. The number of carbonyl (C=O) groups excluding carboxylic acids is 1. The van der Waals surface area contributed by atoms with Gasteiger partial charge in [-0.15, -0.1) is 5.10 Å². The maximum absolute atomic E-state index is 12.2. The molecule has 0 N–H and O–H groups in total. The number of hydrogen-bond acceptors (Lipinski definition) is 6. The van der Waals surface area contributed by atoms with Gasteiger partial charge in [0.15, 0.2) is 5.17 Å². The molecule has 0 aliphatic carbocycles. The standard InChI is InChI=1S/C20H15N3O3S/c1-13(16-11-14-7-5-6-10-17(14)26-19(16)25)21-22-20-23(18(24)12-27-20)15-8-3-2-4-9-15/h2-11H,12H2,1H3/b21-13+,22-20+. The molecule has 1 aromatic heterocycles. The van der Waals surface area contributed by atoms with E-state index in [2.05, 4.69) is 10.2 Å². The molecule has 0 atom stereocenters. The Balaban J connectivity index is 1.70. The summed E-state index contributed by atoms with van der Waals surface area (Å²) >= 11 is 1.32. The molecule has 2 aromatic carbocycles. The number of fused-ring (bicyclic) bond motifs is 1. The van der Waals surface area contributed by atoms with Crippen LogP contribution in [0.2, 0.25) is 0 Å². The molecular formula is C20H15N3O3S. The second-order valence-electron chi connectivity index (χ2n) is 5.91. The molecule has 0 radical (unpaired) electrons. The first-order valence-electron chi connectivity index (χ1n) is 8.30. The first-order chi connectivity index (χ1) is 13.1. The molecule has 1 aliphatic heterocycles. The molecular weight excluding hydrogens is 362 g/mol. The van der Waals surface area contributed by atoms with Crippen molar-refractivity contribution in [2.45, 2.75) is 6.92 Å². The molecule has 0 bridgehead atoms. The minimum absolute atomic E-state index is 0.0528. The van der Waals surface area contributed by atoms with Crippen LogP contribution >= 0.6 is 11.8 Å². The molecule has 0 spiro atoms. The number of anilines is 1. The van der Waals surface area contributed by atoms with Crippen LogP contribution in [0.15, 0.2) is 80.1 Å². The molecule has 1 aliphatic rings. The third-order valence-corrected chi connectivity index (χ3v) is 5.01. The number of carbonyl (C=O) groups is 1. The van der Waals surface area contributed by atoms with Gasteiger partial charge in [0.1, 0.15) is 5.58 Å². The molecule has 134 valence electrons. The van der Waals surface area contributed by atoms with E-state index in [-0.39, 0.29) is 5.91 Å². The van der Waals surface area contributed by atoms with E-state index in [9.17, 15) is 9.59 Å². The smallest absolute Gasteiger partial charge is 0.345 e. The van der Waals surface area contributed by atoms with Gasteiger partial charge in [-0.05, 0) is 31.2 Å². The highest BCUT2D eigenvalue weighted by Crippen LogP contribution is 2.26. The number of para-hydroxylation sites is 2. The molecule has 1 amide bonds. The van der Waals surface area contributed by atoms with E-state index in [0.29, 0.717) is 27.8 Å². The van der Waals surface area contributed by atoms with Crippen LogP contribution in [-0.2, 0) is 4.79 Å². The Morgan fingerprint density at radius 1 is 1.07 bits per heavy atom. The summed E-state index contributed by atoms with van der Waals surface area (Å²) in [6, 6.07) is 18.3. The van der Waals surface area contributed by atoms with Crippen molar-refractivity contribution in [1.82, 2.24) is 0 Å². The van der Waals surface area contributed by atoms with Gasteiger partial charge in [0.25, 0.3) is 0 Å². The summed E-state index contributed by atoms with van der Waals surface area (Å²) in [4.78, 5) is 26.0. The summed E-state index contributed by atoms with van der Waals surface area (Å²) in [5.41, 5.74) is 1.57. The summed E-state index contributed by atoms with van der Waals surface area (Å²) in [6.45, 7) is 1.69. The number of thioether (sulfide) groups is 1. The molecule has 7 heteroatoms. The summed E-state index contributed by atoms with van der Waals surface area (Å²) < 4.78 is 5.34. The Kier molecular flexibility index (Phi) is 4.60. The van der Waals surface area contributed by atoms with Crippen molar-refractivity contribution < 1.29 is 9.21 Å². The highest BCUT2D eigenvalue weighted by Gasteiger charge is 2.29. The fraction of sp³-hybridized carbons (Fsp3) is 0.100. The highest BCUT2D eigenvalue weighted by molar-refractivity contribution is 8.15. The van der Waals surface area contributed by atoms with E-state index in [0.717, 1.165) is 11.1 Å². The van der Waals surface area contributed by atoms with E-state index in [1.165, 1.54) is 16.7 Å². The lowest BCUT2D eigenvalue weighted by molar-refractivity contribution is -0.115. The average molecular weight is 377 g/mol. The number of rotatable bonds is 3. The lowest BCUT2D eigenvalue weighted by Gasteiger charge is -2.14. The number of amidine groups is 1. The van der Waals surface area contributed by atoms with Gasteiger partial charge in [0.2, 0.25) is 5.91 Å². The molecule has 1 fully saturated rings. The van der Waals surface area contributed by atoms with Crippen molar-refractivity contribution in [3.8, 4) is 0 Å². The Hall–Kier alpha value is -3.19. The van der Waals surface area contributed by atoms with Crippen molar-refractivity contribution in [2.75, 3.05) is 10.7 Å². The van der Waals surface area contributed by atoms with E-state index >= 15 is 0 Å². The minimum atomic E-state index is -0.467. The number of hydrogen-bond donors (Lipinski definition) is 0. The van der Waals surface area contributed by atoms with Crippen LogP contribution in [0.4, 0.5) is 5.69 Å². The average Bonchev–Trinajstić information content (AvgIpc) is 3.06. The van der Waals surface area contributed by atoms with Crippen LogP contribution in [0.25, 0.3) is 11.0 Å². The number of benzene rings is 2. The van der Waals surface area contributed by atoms with Crippen LogP contribution in [0.3, 0.4) is 0 Å². The van der Waals surface area contributed by atoms with Crippen LogP contribution in [0.1, 0.15) is 12.5 Å². The number of amides is 1. The highest BCUT2D eigenvalue weighted by atomic mass is 32.2. The first-order valence-corrected chi connectivity index (χ1v) is 9.28. The largest absolute Gasteiger partial charge is 0.422 e. The quantitative estimate of drug-likeness (QED) is 0.397. The van der Waals surface area contributed by atoms with Crippen molar-refractivity contribution in [3.05, 3.63) is 76.6 Å². The molecule has 2 heterocycles. The zero-order chi connectivity index (χ0) is 18.8. The Labute approximate surface area is 159 Å². The molecule has 0 saturated carbocycles. The predicted molar refractivity (Wildman–Crippen MR) is 109 cm³/mol. The van der Waals surface area contributed by atoms with Crippen molar-refractivity contribution in [3.63, 3.8) is 0 Å². The van der Waals surface area contributed by atoms with Crippen LogP contribution in [0.5, 0.6) is 0 Å². The predicted octanol–water partition coefficient (Wildman–Crippen LogP) is 3.65. The lowest BCUT2D eigenvalue weighted by Crippen LogP contribution is -2.29. The van der Waals surface area contributed by atoms with E-state index in [1.54, 1.807) is 19.1 Å². The Morgan fingerprint density at radius 2 is 1.81 bits per heavy atom. The Morgan fingerprint density at radius 3 is 2.63 bits per heavy atom. The van der Waals surface area contributed by atoms with Crippen LogP contribution in [0, 0.1) is 0 Å². The van der Waals surface area contributed by atoms with Gasteiger partial charge >= 0.3 is 5.63 Å². The third kappa shape index (κ3) is 3.41. The fourth-order valence-electron chi connectivity index (χ4n) is 2.75. The summed E-state index contributed by atoms with van der Waals surface area (Å²) in [6.07, 6.45) is 0. The van der Waals surface area contributed by atoms with Crippen molar-refractivity contribution >= 4 is 45.2 Å². The zero-order valence-electron chi connectivity index (χ0n) is 14.5. The monoisotopic (exact) mass is 377 g/mol. The van der Waals surface area contributed by atoms with Gasteiger partial charge in [0.05, 0.1) is 22.7 Å². The van der Waals surface area contributed by atoms with Crippen molar-refractivity contribution in [1.29, 1.82) is 0 Å². The summed E-state index contributed by atoms with van der Waals surface area (Å²) in [5.74, 6) is 0.253. The van der Waals surface area contributed by atoms with Gasteiger partial charge in [-0.2, -0.15) is 5.10 Å². The maximum atomic E-state index is 12.2. The van der Waals surface area contributed by atoms with Gasteiger partial charge in [-0.3, -0.25) is 9.69 Å². The fourth-order valence-corrected chi connectivity index (χ4v) is 3.57. The topological polar surface area (TPSA) is 75.2 Å². The van der Waals surface area contributed by atoms with Gasteiger partial charge < -0.3 is 4.42 Å². The van der Waals surface area contributed by atoms with E-state index in [4.69, 9.17) is 4.42 Å². The first kappa shape index (κ1) is 17.2. The molecule has 3 aromatic rings. The second kappa shape index (κ2) is 7.20. The zero-order valence-corrected chi connectivity index (χ0v) is 15.3. The molecule has 4 rings (SSSR count). The van der Waals surface area contributed by atoms with Gasteiger partial charge in [-0.1, -0.05) is 48.2 Å². The third-order valence-electron chi connectivity index (χ3n) is 4.10. The van der Waals surface area contributed by atoms with Gasteiger partial charge in [0, 0.05) is 5.39 Å². The van der Waals surface area contributed by atoms with Gasteiger partial charge in [-0.25, -0.2) is 4.79 Å². The van der Waals surface area contributed by atoms with Crippen molar-refractivity contribution in [2.24, 2.45) is 10.2 Å². The minimum Gasteiger partial charge on any atom is -0.422 e. The maximum Gasteiger partial charge on any atom is 0.345 e. The molecule has 0 unspecified atom stereocenters. The normalized spacial score (nSPS) is 16.5. The van der Waals surface area contributed by atoms with E-state index in [1.807, 2.05) is 48.5 Å². The van der Waals surface area contributed by atoms with Crippen LogP contribution in [-0.4, -0.2) is 22.5 Å². The SMILES string of the molecule is C/C(=N\N=C1\SCC(=O)N1c1ccccc1)c1cc2ccccc2oc1=O. The van der Waals surface area contributed by atoms with Crippen LogP contribution < -0.4 is 10.5 Å². The summed E-state index contributed by atoms with van der Waals surface area (Å²) in [5, 5.41) is 9.70. The molecule has 27 heavy (non-hydrogen) atoms.